The van der Waals surface area contributed by atoms with E-state index >= 15 is 0 Å². The monoisotopic (exact) mass is 337 g/mol. The molecule has 1 aromatic carbocycles. The van der Waals surface area contributed by atoms with E-state index in [0.29, 0.717) is 18.8 Å². The van der Waals surface area contributed by atoms with E-state index in [9.17, 15) is 21.6 Å². The molecule has 9 heteroatoms. The zero-order valence-electron chi connectivity index (χ0n) is 11.5. The lowest BCUT2D eigenvalue weighted by Crippen LogP contribution is -2.55. The molecule has 5 nitrogen and oxygen atoms in total. The van der Waals surface area contributed by atoms with Gasteiger partial charge in [0.15, 0.2) is 0 Å². The van der Waals surface area contributed by atoms with Crippen LogP contribution in [0.3, 0.4) is 0 Å². The second-order valence-corrected chi connectivity index (χ2v) is 7.18. The van der Waals surface area contributed by atoms with Gasteiger partial charge in [-0.3, -0.25) is 0 Å². The van der Waals surface area contributed by atoms with Crippen LogP contribution in [0.2, 0.25) is 0 Å². The summed E-state index contributed by atoms with van der Waals surface area (Å²) in [6.07, 6.45) is -4.47. The van der Waals surface area contributed by atoms with Crippen molar-refractivity contribution in [1.82, 2.24) is 4.31 Å². The molecule has 1 saturated heterocycles. The number of rotatable bonds is 4. The topological polar surface area (TPSA) is 55.8 Å². The molecule has 2 aliphatic heterocycles. The zero-order valence-corrected chi connectivity index (χ0v) is 12.3. The number of nitrogens with zero attached hydrogens (tertiary/aromatic N) is 1. The first-order valence-corrected chi connectivity index (χ1v) is 8.14. The zero-order chi connectivity index (χ0) is 16.0. The van der Waals surface area contributed by atoms with Crippen molar-refractivity contribution < 1.29 is 31.1 Å². The minimum absolute atomic E-state index is 0.0635. The highest BCUT2D eigenvalue weighted by Crippen LogP contribution is 2.30. The molecular weight excluding hydrogens is 323 g/mol. The average molecular weight is 337 g/mol. The lowest BCUT2D eigenvalue weighted by molar-refractivity contribution is -0.194. The smallest absolute Gasteiger partial charge is 0.411 e. The minimum atomic E-state index is -4.40. The molecular formula is C13H14F3NO4S. The highest BCUT2D eigenvalue weighted by Gasteiger charge is 2.40. The molecule has 0 radical (unpaired) electrons. The Morgan fingerprint density at radius 2 is 2.05 bits per heavy atom. The molecule has 22 heavy (non-hydrogen) atoms. The average Bonchev–Trinajstić information content (AvgIpc) is 2.82. The number of fused-ring (bicyclic) bond motifs is 1. The molecule has 3 rings (SSSR count). The SMILES string of the molecule is O=S(=O)(c1ccc2c(c1)CCO2)N1CC(OCC(F)(F)F)C1. The van der Waals surface area contributed by atoms with Crippen molar-refractivity contribution in [3.8, 4) is 5.75 Å². The van der Waals surface area contributed by atoms with E-state index < -0.39 is 28.9 Å². The summed E-state index contributed by atoms with van der Waals surface area (Å²) < 4.78 is 71.9. The third kappa shape index (κ3) is 3.06. The van der Waals surface area contributed by atoms with Crippen molar-refractivity contribution in [3.05, 3.63) is 23.8 Å². The first kappa shape index (κ1) is 15.6. The van der Waals surface area contributed by atoms with E-state index in [1.807, 2.05) is 0 Å². The molecule has 0 atom stereocenters. The Morgan fingerprint density at radius 1 is 1.32 bits per heavy atom. The van der Waals surface area contributed by atoms with E-state index in [1.54, 1.807) is 12.1 Å². The fourth-order valence-corrected chi connectivity index (χ4v) is 3.94. The molecule has 0 aliphatic carbocycles. The standard InChI is InChI=1S/C13H14F3NO4S/c14-13(15,16)8-21-10-6-17(7-10)22(18,19)11-1-2-12-9(5-11)3-4-20-12/h1-2,5,10H,3-4,6-8H2. The van der Waals surface area contributed by atoms with Crippen LogP contribution in [0.25, 0.3) is 0 Å². The van der Waals surface area contributed by atoms with Crippen molar-refractivity contribution in [2.24, 2.45) is 0 Å². The van der Waals surface area contributed by atoms with Gasteiger partial charge < -0.3 is 9.47 Å². The van der Waals surface area contributed by atoms with Crippen molar-refractivity contribution in [2.45, 2.75) is 23.6 Å². The number of halogens is 3. The Morgan fingerprint density at radius 3 is 2.73 bits per heavy atom. The summed E-state index contributed by atoms with van der Waals surface area (Å²) in [6.45, 7) is -0.963. The molecule has 0 amide bonds. The summed E-state index contributed by atoms with van der Waals surface area (Å²) >= 11 is 0. The van der Waals surface area contributed by atoms with Crippen LogP contribution in [-0.2, 0) is 21.2 Å². The fourth-order valence-electron chi connectivity index (χ4n) is 2.39. The van der Waals surface area contributed by atoms with Gasteiger partial charge in [-0.15, -0.1) is 0 Å². The van der Waals surface area contributed by atoms with E-state index in [4.69, 9.17) is 4.74 Å². The summed E-state index contributed by atoms with van der Waals surface area (Å²) in [6, 6.07) is 4.61. The Labute approximate surface area is 125 Å². The highest BCUT2D eigenvalue weighted by molar-refractivity contribution is 7.89. The van der Waals surface area contributed by atoms with Crippen molar-refractivity contribution in [1.29, 1.82) is 0 Å². The molecule has 0 saturated carbocycles. The number of alkyl halides is 3. The third-order valence-electron chi connectivity index (χ3n) is 3.60. The molecule has 0 N–H and O–H groups in total. The fraction of sp³-hybridized carbons (Fsp3) is 0.538. The van der Waals surface area contributed by atoms with Crippen molar-refractivity contribution in [2.75, 3.05) is 26.3 Å². The summed E-state index contributed by atoms with van der Waals surface area (Å²) in [4.78, 5) is 0.131. The van der Waals surface area contributed by atoms with Gasteiger partial charge in [-0.05, 0) is 23.8 Å². The van der Waals surface area contributed by atoms with Gasteiger partial charge >= 0.3 is 6.18 Å². The maximum absolute atomic E-state index is 12.4. The van der Waals surface area contributed by atoms with Gasteiger partial charge in [0.1, 0.15) is 12.4 Å². The normalized spacial score (nSPS) is 19.6. The van der Waals surface area contributed by atoms with Crippen LogP contribution in [-0.4, -0.2) is 51.3 Å². The Balaban J connectivity index is 1.63. The van der Waals surface area contributed by atoms with Crippen LogP contribution in [0.5, 0.6) is 5.75 Å². The highest BCUT2D eigenvalue weighted by atomic mass is 32.2. The lowest BCUT2D eigenvalue weighted by atomic mass is 10.2. The lowest BCUT2D eigenvalue weighted by Gasteiger charge is -2.37. The Hall–Kier alpha value is -1.32. The maximum atomic E-state index is 12.4. The van der Waals surface area contributed by atoms with Gasteiger partial charge in [0.25, 0.3) is 0 Å². The van der Waals surface area contributed by atoms with Gasteiger partial charge in [-0.25, -0.2) is 8.42 Å². The summed E-state index contributed by atoms with van der Waals surface area (Å²) in [7, 11) is -3.69. The number of hydrogen-bond donors (Lipinski definition) is 0. The van der Waals surface area contributed by atoms with Crippen LogP contribution in [0, 0.1) is 0 Å². The number of sulfonamides is 1. The summed E-state index contributed by atoms with van der Waals surface area (Å²) in [5.74, 6) is 0.675. The van der Waals surface area contributed by atoms with Gasteiger partial charge in [0.05, 0.1) is 17.6 Å². The Bertz CT molecular complexity index is 668. The molecule has 122 valence electrons. The van der Waals surface area contributed by atoms with E-state index in [-0.39, 0.29) is 18.0 Å². The quantitative estimate of drug-likeness (QED) is 0.837. The first-order valence-electron chi connectivity index (χ1n) is 6.70. The van der Waals surface area contributed by atoms with E-state index in [2.05, 4.69) is 4.74 Å². The van der Waals surface area contributed by atoms with Crippen LogP contribution in [0.4, 0.5) is 13.2 Å². The molecule has 0 unspecified atom stereocenters. The van der Waals surface area contributed by atoms with Gasteiger partial charge in [0, 0.05) is 19.5 Å². The molecule has 2 aliphatic rings. The van der Waals surface area contributed by atoms with Crippen LogP contribution in [0.1, 0.15) is 5.56 Å². The molecule has 2 heterocycles. The number of ether oxygens (including phenoxy) is 2. The molecule has 0 aromatic heterocycles. The first-order chi connectivity index (χ1) is 10.3. The van der Waals surface area contributed by atoms with Crippen molar-refractivity contribution in [3.63, 3.8) is 0 Å². The second kappa shape index (κ2) is 5.39. The van der Waals surface area contributed by atoms with Gasteiger partial charge in [-0.2, -0.15) is 17.5 Å². The van der Waals surface area contributed by atoms with Gasteiger partial charge in [0.2, 0.25) is 10.0 Å². The summed E-state index contributed by atoms with van der Waals surface area (Å²) in [5, 5.41) is 0. The largest absolute Gasteiger partial charge is 0.493 e. The predicted molar refractivity (Wildman–Crippen MR) is 70.2 cm³/mol. The van der Waals surface area contributed by atoms with E-state index in [1.165, 1.54) is 6.07 Å². The molecule has 0 spiro atoms. The molecule has 0 bridgehead atoms. The molecule has 1 aromatic rings. The van der Waals surface area contributed by atoms with Gasteiger partial charge in [-0.1, -0.05) is 0 Å². The summed E-state index contributed by atoms with van der Waals surface area (Å²) in [5.41, 5.74) is 0.825. The van der Waals surface area contributed by atoms with Crippen molar-refractivity contribution >= 4 is 10.0 Å². The molecule has 1 fully saturated rings. The van der Waals surface area contributed by atoms with Crippen LogP contribution < -0.4 is 4.74 Å². The van der Waals surface area contributed by atoms with E-state index in [0.717, 1.165) is 9.87 Å². The predicted octanol–water partition coefficient (Wildman–Crippen LogP) is 1.57. The maximum Gasteiger partial charge on any atom is 0.411 e. The number of benzene rings is 1. The Kier molecular flexibility index (Phi) is 3.82. The third-order valence-corrected chi connectivity index (χ3v) is 5.42. The van der Waals surface area contributed by atoms with Crippen LogP contribution >= 0.6 is 0 Å². The van der Waals surface area contributed by atoms with Crippen LogP contribution in [0.15, 0.2) is 23.1 Å². The minimum Gasteiger partial charge on any atom is -0.493 e. The second-order valence-electron chi connectivity index (χ2n) is 5.24. The number of hydrogen-bond acceptors (Lipinski definition) is 4.